The molecule has 0 aromatic carbocycles. The van der Waals surface area contributed by atoms with Gasteiger partial charge < -0.3 is 10.6 Å². The fourth-order valence-corrected chi connectivity index (χ4v) is 5.00. The van der Waals surface area contributed by atoms with Gasteiger partial charge in [0.2, 0.25) is 5.91 Å². The highest BCUT2D eigenvalue weighted by Crippen LogP contribution is 2.31. The van der Waals surface area contributed by atoms with E-state index in [2.05, 4.69) is 44.5 Å². The van der Waals surface area contributed by atoms with Crippen molar-refractivity contribution in [2.24, 2.45) is 0 Å². The zero-order valence-corrected chi connectivity index (χ0v) is 20.1. The molecule has 3 aromatic heterocycles. The van der Waals surface area contributed by atoms with Crippen molar-refractivity contribution in [3.8, 4) is 0 Å². The number of amides is 1. The molecule has 10 nitrogen and oxygen atoms in total. The lowest BCUT2D eigenvalue weighted by Gasteiger charge is -2.14. The molecular weight excluding hydrogens is 448 g/mol. The van der Waals surface area contributed by atoms with Gasteiger partial charge >= 0.3 is 0 Å². The van der Waals surface area contributed by atoms with Crippen LogP contribution in [0.1, 0.15) is 31.9 Å². The molecule has 1 aliphatic heterocycles. The van der Waals surface area contributed by atoms with E-state index in [1.165, 1.54) is 23.5 Å². The van der Waals surface area contributed by atoms with Gasteiger partial charge in [0.15, 0.2) is 16.0 Å². The summed E-state index contributed by atoms with van der Waals surface area (Å²) >= 11 is 2.98. The summed E-state index contributed by atoms with van der Waals surface area (Å²) in [5.74, 6) is 1.33. The van der Waals surface area contributed by atoms with E-state index in [1.54, 1.807) is 28.6 Å². The smallest absolute Gasteiger partial charge is 0.257 e. The van der Waals surface area contributed by atoms with Crippen molar-refractivity contribution in [1.82, 2.24) is 34.6 Å². The van der Waals surface area contributed by atoms with Crippen LogP contribution in [0.15, 0.2) is 27.5 Å². The molecule has 2 N–H and O–H groups in total. The van der Waals surface area contributed by atoms with E-state index >= 15 is 0 Å². The van der Waals surface area contributed by atoms with Crippen LogP contribution < -0.4 is 16.2 Å². The van der Waals surface area contributed by atoms with Crippen LogP contribution in [0, 0.1) is 6.92 Å². The van der Waals surface area contributed by atoms with Gasteiger partial charge in [0.05, 0.1) is 24.2 Å². The maximum Gasteiger partial charge on any atom is 0.257 e. The molecule has 1 aliphatic rings. The molecule has 4 heterocycles. The Morgan fingerprint density at radius 3 is 2.91 bits per heavy atom. The molecule has 3 aromatic rings. The van der Waals surface area contributed by atoms with Crippen LogP contribution in [0.4, 0.5) is 5.82 Å². The lowest BCUT2D eigenvalue weighted by molar-refractivity contribution is -0.121. The normalized spacial score (nSPS) is 15.3. The van der Waals surface area contributed by atoms with E-state index in [4.69, 9.17) is 0 Å². The number of carbonyl (C=O) groups excluding carboxylic acids is 1. The zero-order chi connectivity index (χ0) is 22.8. The van der Waals surface area contributed by atoms with Crippen LogP contribution in [-0.4, -0.2) is 59.8 Å². The minimum absolute atomic E-state index is 0.0732. The highest BCUT2D eigenvalue weighted by atomic mass is 32.2. The Morgan fingerprint density at radius 1 is 1.34 bits per heavy atom. The number of carbonyl (C=O) groups is 1. The van der Waals surface area contributed by atoms with Crippen LogP contribution in [0.25, 0.3) is 11.0 Å². The molecular formula is C20H26N8O2S2. The molecule has 170 valence electrons. The maximum atomic E-state index is 12.5. The standard InChI is InChI=1S/C20H26N8O2S2/c1-11(2)24-16-14-9-23-27(17(14)26-19(25-16)31-4)6-5-21-15(29)7-13-10-32-20-22-8-12(3)18(30)28(13)20/h8-9,11,13H,5-7,10H2,1-4H3,(H,21,29)(H,24,25,26). The van der Waals surface area contributed by atoms with Gasteiger partial charge in [-0.1, -0.05) is 23.5 Å². The Kier molecular flexibility index (Phi) is 6.70. The minimum Gasteiger partial charge on any atom is -0.367 e. The van der Waals surface area contributed by atoms with Crippen molar-refractivity contribution in [1.29, 1.82) is 0 Å². The Hall–Kier alpha value is -2.60. The van der Waals surface area contributed by atoms with E-state index in [0.29, 0.717) is 34.7 Å². The largest absolute Gasteiger partial charge is 0.367 e. The topological polar surface area (TPSA) is 120 Å². The second kappa shape index (κ2) is 9.49. The number of fused-ring (bicyclic) bond motifs is 2. The first-order valence-corrected chi connectivity index (χ1v) is 12.6. The predicted molar refractivity (Wildman–Crippen MR) is 126 cm³/mol. The fraction of sp³-hybridized carbons (Fsp3) is 0.500. The van der Waals surface area contributed by atoms with Crippen molar-refractivity contribution >= 4 is 46.3 Å². The summed E-state index contributed by atoms with van der Waals surface area (Å²) in [5, 5.41) is 12.9. The lowest BCUT2D eigenvalue weighted by atomic mass is 10.2. The van der Waals surface area contributed by atoms with Gasteiger partial charge in [-0.15, -0.1) is 0 Å². The highest BCUT2D eigenvalue weighted by Gasteiger charge is 2.27. The summed E-state index contributed by atoms with van der Waals surface area (Å²) in [6.45, 7) is 6.75. The van der Waals surface area contributed by atoms with Crippen LogP contribution in [-0.2, 0) is 11.3 Å². The predicted octanol–water partition coefficient (Wildman–Crippen LogP) is 2.09. The second-order valence-corrected chi connectivity index (χ2v) is 9.64. The van der Waals surface area contributed by atoms with Crippen LogP contribution in [0.2, 0.25) is 0 Å². The summed E-state index contributed by atoms with van der Waals surface area (Å²) < 4.78 is 3.42. The molecule has 0 radical (unpaired) electrons. The monoisotopic (exact) mass is 474 g/mol. The Bertz CT molecular complexity index is 1210. The number of hydrogen-bond donors (Lipinski definition) is 2. The number of nitrogens with zero attached hydrogens (tertiary/aromatic N) is 6. The van der Waals surface area contributed by atoms with Gasteiger partial charge in [-0.25, -0.2) is 19.6 Å². The zero-order valence-electron chi connectivity index (χ0n) is 18.5. The minimum atomic E-state index is -0.179. The van der Waals surface area contributed by atoms with E-state index in [-0.39, 0.29) is 30.0 Å². The maximum absolute atomic E-state index is 12.5. The number of anilines is 1. The first-order valence-electron chi connectivity index (χ1n) is 10.4. The summed E-state index contributed by atoms with van der Waals surface area (Å²) in [6, 6.07) is 0.0535. The molecule has 1 atom stereocenters. The quantitative estimate of drug-likeness (QED) is 0.373. The fourth-order valence-electron chi connectivity index (χ4n) is 3.53. The molecule has 32 heavy (non-hydrogen) atoms. The SMILES string of the molecule is CSc1nc(NC(C)C)c2cnn(CCNC(=O)CC3CSc4ncc(C)c(=O)n43)c2n1. The Morgan fingerprint density at radius 2 is 2.16 bits per heavy atom. The Labute approximate surface area is 194 Å². The van der Waals surface area contributed by atoms with Gasteiger partial charge in [0.25, 0.3) is 5.56 Å². The first kappa shape index (κ1) is 22.6. The molecule has 0 aliphatic carbocycles. The van der Waals surface area contributed by atoms with Crippen LogP contribution in [0.3, 0.4) is 0 Å². The average Bonchev–Trinajstić information content (AvgIpc) is 3.35. The molecule has 0 saturated carbocycles. The molecule has 0 fully saturated rings. The third-order valence-electron chi connectivity index (χ3n) is 5.05. The molecule has 0 bridgehead atoms. The van der Waals surface area contributed by atoms with Crippen molar-refractivity contribution in [2.75, 3.05) is 23.9 Å². The number of aromatic nitrogens is 6. The third kappa shape index (κ3) is 4.60. The number of rotatable bonds is 8. The molecule has 1 amide bonds. The molecule has 1 unspecified atom stereocenters. The van der Waals surface area contributed by atoms with Crippen LogP contribution in [0.5, 0.6) is 0 Å². The summed E-state index contributed by atoms with van der Waals surface area (Å²) in [5.41, 5.74) is 1.25. The van der Waals surface area contributed by atoms with Crippen LogP contribution >= 0.6 is 23.5 Å². The van der Waals surface area contributed by atoms with Crippen molar-refractivity contribution in [2.45, 2.75) is 56.1 Å². The second-order valence-electron chi connectivity index (χ2n) is 7.88. The van der Waals surface area contributed by atoms with Gasteiger partial charge in [0.1, 0.15) is 5.82 Å². The summed E-state index contributed by atoms with van der Waals surface area (Å²) in [7, 11) is 0. The first-order chi connectivity index (χ1) is 15.4. The van der Waals surface area contributed by atoms with Gasteiger partial charge in [-0.05, 0) is 27.0 Å². The van der Waals surface area contributed by atoms with Crippen molar-refractivity contribution < 1.29 is 4.79 Å². The number of nitrogens with one attached hydrogen (secondary N) is 2. The number of thioether (sulfide) groups is 2. The van der Waals surface area contributed by atoms with Gasteiger partial charge in [-0.2, -0.15) is 5.10 Å². The van der Waals surface area contributed by atoms with E-state index in [9.17, 15) is 9.59 Å². The van der Waals surface area contributed by atoms with Gasteiger partial charge in [-0.3, -0.25) is 14.2 Å². The summed E-state index contributed by atoms with van der Waals surface area (Å²) in [4.78, 5) is 38.4. The van der Waals surface area contributed by atoms with Crippen molar-refractivity contribution in [3.05, 3.63) is 28.3 Å². The molecule has 12 heteroatoms. The van der Waals surface area contributed by atoms with E-state index in [1.807, 2.05) is 6.26 Å². The average molecular weight is 475 g/mol. The number of hydrogen-bond acceptors (Lipinski definition) is 9. The van der Waals surface area contributed by atoms with Crippen molar-refractivity contribution in [3.63, 3.8) is 0 Å². The number of aryl methyl sites for hydroxylation is 1. The summed E-state index contributed by atoms with van der Waals surface area (Å²) in [6.07, 6.45) is 5.52. The highest BCUT2D eigenvalue weighted by molar-refractivity contribution is 7.99. The third-order valence-corrected chi connectivity index (χ3v) is 6.71. The van der Waals surface area contributed by atoms with Gasteiger partial charge in [0, 0.05) is 36.5 Å². The molecule has 0 saturated heterocycles. The Balaban J connectivity index is 1.41. The van der Waals surface area contributed by atoms with E-state index in [0.717, 1.165) is 16.9 Å². The lowest BCUT2D eigenvalue weighted by Crippen LogP contribution is -2.32. The van der Waals surface area contributed by atoms with E-state index < -0.39 is 0 Å². The molecule has 0 spiro atoms. The molecule has 4 rings (SSSR count).